The van der Waals surface area contributed by atoms with Gasteiger partial charge in [-0.15, -0.1) is 0 Å². The molecule has 0 radical (unpaired) electrons. The second kappa shape index (κ2) is 12.1. The Morgan fingerprint density at radius 3 is 2.29 bits per heavy atom. The lowest BCUT2D eigenvalue weighted by molar-refractivity contribution is -0.113. The van der Waals surface area contributed by atoms with Gasteiger partial charge in [-0.1, -0.05) is 31.7 Å². The lowest BCUT2D eigenvalue weighted by Gasteiger charge is -2.28. The van der Waals surface area contributed by atoms with Crippen molar-refractivity contribution in [1.82, 2.24) is 19.1 Å². The maximum Gasteiger partial charge on any atom is 0.234 e. The molecule has 3 aromatic carbocycles. The Kier molecular flexibility index (Phi) is 8.35. The van der Waals surface area contributed by atoms with E-state index in [1.165, 1.54) is 23.9 Å². The minimum atomic E-state index is -0.530. The molecule has 0 fully saturated rings. The molecule has 1 amide bonds. The topological polar surface area (TPSA) is 83.2 Å². The number of nitrogens with zero attached hydrogens (tertiary/aromatic N) is 4. The molecule has 0 unspecified atom stereocenters. The van der Waals surface area contributed by atoms with Crippen molar-refractivity contribution in [2.45, 2.75) is 31.3 Å². The van der Waals surface area contributed by atoms with Gasteiger partial charge in [0.2, 0.25) is 5.91 Å². The van der Waals surface area contributed by atoms with Crippen molar-refractivity contribution in [3.8, 4) is 22.9 Å². The lowest BCUT2D eigenvalue weighted by Crippen LogP contribution is -2.23. The second-order valence-electron chi connectivity index (χ2n) is 10.2. The molecule has 8 nitrogen and oxygen atoms in total. The lowest BCUT2D eigenvalue weighted by atomic mass is 9.81. The highest BCUT2D eigenvalue weighted by Crippen LogP contribution is 2.39. The first-order chi connectivity index (χ1) is 20.2. The number of ether oxygens (including phenoxy) is 2. The molecule has 2 heterocycles. The predicted molar refractivity (Wildman–Crippen MR) is 163 cm³/mol. The molecule has 0 aliphatic rings. The highest BCUT2D eigenvalue weighted by molar-refractivity contribution is 7.99. The first-order valence-corrected chi connectivity index (χ1v) is 14.3. The normalized spacial score (nSPS) is 11.4. The number of carbonyl (C=O) groups is 1. The van der Waals surface area contributed by atoms with Crippen LogP contribution < -0.4 is 14.8 Å². The van der Waals surface area contributed by atoms with E-state index < -0.39 is 5.41 Å². The minimum absolute atomic E-state index is 0.136. The predicted octanol–water partition coefficient (Wildman–Crippen LogP) is 6.58. The first-order valence-electron chi connectivity index (χ1n) is 13.3. The molecular weight excluding hydrogens is 553 g/mol. The Morgan fingerprint density at radius 1 is 0.952 bits per heavy atom. The van der Waals surface area contributed by atoms with Crippen LogP contribution >= 0.6 is 11.8 Å². The summed E-state index contributed by atoms with van der Waals surface area (Å²) in [6, 6.07) is 19.6. The molecule has 5 rings (SSSR count). The fourth-order valence-electron chi connectivity index (χ4n) is 4.77. The summed E-state index contributed by atoms with van der Waals surface area (Å²) in [6.45, 7) is 6.10. The van der Waals surface area contributed by atoms with Gasteiger partial charge in [-0.2, -0.15) is 0 Å². The van der Waals surface area contributed by atoms with Crippen LogP contribution in [-0.4, -0.2) is 45.0 Å². The zero-order valence-corrected chi connectivity index (χ0v) is 24.9. The molecule has 0 aliphatic heterocycles. The number of hydrogen-bond donors (Lipinski definition) is 1. The van der Waals surface area contributed by atoms with E-state index in [0.717, 1.165) is 28.5 Å². The van der Waals surface area contributed by atoms with E-state index in [2.05, 4.69) is 24.1 Å². The molecule has 10 heteroatoms. The summed E-state index contributed by atoms with van der Waals surface area (Å²) in [5.41, 5.74) is 3.71. The van der Waals surface area contributed by atoms with Crippen LogP contribution in [0.25, 0.3) is 11.4 Å². The van der Waals surface area contributed by atoms with E-state index >= 15 is 0 Å². The summed E-state index contributed by atoms with van der Waals surface area (Å²) < 4.78 is 28.8. The number of aromatic nitrogens is 4. The Balaban J connectivity index is 1.39. The molecule has 2 aromatic heterocycles. The average Bonchev–Trinajstić information content (AvgIpc) is 3.63. The van der Waals surface area contributed by atoms with Crippen molar-refractivity contribution in [3.05, 3.63) is 108 Å². The van der Waals surface area contributed by atoms with Gasteiger partial charge in [0.25, 0.3) is 0 Å². The minimum Gasteiger partial charge on any atom is -0.493 e. The van der Waals surface area contributed by atoms with Gasteiger partial charge in [0.1, 0.15) is 11.6 Å². The summed E-state index contributed by atoms with van der Waals surface area (Å²) in [4.78, 5) is 21.9. The van der Waals surface area contributed by atoms with E-state index in [9.17, 15) is 9.18 Å². The van der Waals surface area contributed by atoms with E-state index in [1.807, 2.05) is 64.7 Å². The van der Waals surface area contributed by atoms with E-state index in [1.54, 1.807) is 38.7 Å². The number of hydrogen-bond acceptors (Lipinski definition) is 6. The quantitative estimate of drug-likeness (QED) is 0.187. The molecule has 0 saturated carbocycles. The number of imidazole rings is 2. The largest absolute Gasteiger partial charge is 0.493 e. The van der Waals surface area contributed by atoms with E-state index in [0.29, 0.717) is 22.3 Å². The van der Waals surface area contributed by atoms with Crippen molar-refractivity contribution in [2.24, 2.45) is 0 Å². The van der Waals surface area contributed by atoms with Crippen LogP contribution in [0.3, 0.4) is 0 Å². The Morgan fingerprint density at radius 2 is 1.64 bits per heavy atom. The number of rotatable bonds is 10. The van der Waals surface area contributed by atoms with Gasteiger partial charge in [-0.25, -0.2) is 14.4 Å². The van der Waals surface area contributed by atoms with Gasteiger partial charge in [0.05, 0.1) is 31.9 Å². The SMILES string of the molecule is COc1ccc(C(C)(C)c2cnc(SCC(=O)Nc3ccc(-n4ccnc4C)cc3)n2-c2ccc(F)cc2)cc1OC. The summed E-state index contributed by atoms with van der Waals surface area (Å²) in [7, 11) is 3.20. The number of benzene rings is 3. The maximum atomic E-state index is 13.9. The fourth-order valence-corrected chi connectivity index (χ4v) is 5.57. The van der Waals surface area contributed by atoms with Crippen molar-refractivity contribution < 1.29 is 18.7 Å². The van der Waals surface area contributed by atoms with Crippen LogP contribution in [0.15, 0.2) is 90.5 Å². The molecule has 0 atom stereocenters. The average molecular weight is 586 g/mol. The Bertz CT molecular complexity index is 1690. The van der Waals surface area contributed by atoms with Crippen LogP contribution in [0.4, 0.5) is 10.1 Å². The van der Waals surface area contributed by atoms with Gasteiger partial charge in [-0.3, -0.25) is 9.36 Å². The van der Waals surface area contributed by atoms with Crippen LogP contribution in [0.2, 0.25) is 0 Å². The molecule has 0 saturated heterocycles. The number of thioether (sulfide) groups is 1. The number of halogens is 1. The summed E-state index contributed by atoms with van der Waals surface area (Å²) in [5.74, 6) is 1.78. The monoisotopic (exact) mass is 585 g/mol. The van der Waals surface area contributed by atoms with Crippen LogP contribution in [0.1, 0.15) is 30.9 Å². The Hall–Kier alpha value is -4.57. The fraction of sp³-hybridized carbons (Fsp3) is 0.219. The van der Waals surface area contributed by atoms with Gasteiger partial charge < -0.3 is 19.4 Å². The highest BCUT2D eigenvalue weighted by Gasteiger charge is 2.30. The summed E-state index contributed by atoms with van der Waals surface area (Å²) >= 11 is 1.31. The van der Waals surface area contributed by atoms with Gasteiger partial charge in [-0.05, 0) is 73.2 Å². The second-order valence-corrected chi connectivity index (χ2v) is 11.1. The number of aryl methyl sites for hydroxylation is 1. The number of anilines is 1. The number of methoxy groups -OCH3 is 2. The van der Waals surface area contributed by atoms with Gasteiger partial charge in [0, 0.05) is 34.9 Å². The van der Waals surface area contributed by atoms with Crippen molar-refractivity contribution in [3.63, 3.8) is 0 Å². The van der Waals surface area contributed by atoms with Crippen molar-refractivity contribution in [2.75, 3.05) is 25.3 Å². The molecule has 5 aromatic rings. The standard InChI is InChI=1S/C32H32FN5O3S/c1-21-34-16-17-37(21)25-13-9-24(10-14-25)36-30(39)20-42-31-35-19-29(38(31)26-11-7-23(33)8-12-26)32(2,3)22-6-15-27(40-4)28(18-22)41-5/h6-19H,20H2,1-5H3,(H,36,39). The third kappa shape index (κ3) is 5.89. The number of carbonyl (C=O) groups excluding carboxylic acids is 1. The molecule has 42 heavy (non-hydrogen) atoms. The van der Waals surface area contributed by atoms with Gasteiger partial charge in [0.15, 0.2) is 16.7 Å². The smallest absolute Gasteiger partial charge is 0.234 e. The third-order valence-corrected chi connectivity index (χ3v) is 8.10. The zero-order chi connectivity index (χ0) is 29.9. The van der Waals surface area contributed by atoms with Crippen LogP contribution in [-0.2, 0) is 10.2 Å². The van der Waals surface area contributed by atoms with Crippen LogP contribution in [0.5, 0.6) is 11.5 Å². The molecule has 216 valence electrons. The third-order valence-electron chi connectivity index (χ3n) is 7.15. The highest BCUT2D eigenvalue weighted by atomic mass is 32.2. The van der Waals surface area contributed by atoms with E-state index in [4.69, 9.17) is 14.5 Å². The van der Waals surface area contributed by atoms with Crippen LogP contribution in [0, 0.1) is 12.7 Å². The zero-order valence-electron chi connectivity index (χ0n) is 24.1. The number of amides is 1. The number of nitrogens with one attached hydrogen (secondary N) is 1. The molecular formula is C32H32FN5O3S. The maximum absolute atomic E-state index is 13.9. The molecule has 0 bridgehead atoms. The van der Waals surface area contributed by atoms with Crippen molar-refractivity contribution >= 4 is 23.4 Å². The summed E-state index contributed by atoms with van der Waals surface area (Å²) in [5, 5.41) is 3.57. The summed E-state index contributed by atoms with van der Waals surface area (Å²) in [6.07, 6.45) is 5.44. The van der Waals surface area contributed by atoms with Crippen molar-refractivity contribution in [1.29, 1.82) is 0 Å². The van der Waals surface area contributed by atoms with E-state index in [-0.39, 0.29) is 17.5 Å². The van der Waals surface area contributed by atoms with Gasteiger partial charge >= 0.3 is 0 Å². The molecule has 0 spiro atoms. The first kappa shape index (κ1) is 28.9. The Labute approximate surface area is 248 Å². The molecule has 0 aliphatic carbocycles. The molecule has 1 N–H and O–H groups in total.